The smallest absolute Gasteiger partial charge is 0.303 e. The van der Waals surface area contributed by atoms with Gasteiger partial charge in [-0.1, -0.05) is 12.1 Å². The summed E-state index contributed by atoms with van der Waals surface area (Å²) in [5.41, 5.74) is 0.573. The third-order valence-electron chi connectivity index (χ3n) is 3.23. The van der Waals surface area contributed by atoms with Gasteiger partial charge in [-0.25, -0.2) is 4.39 Å². The molecule has 1 aromatic rings. The van der Waals surface area contributed by atoms with Gasteiger partial charge in [0.2, 0.25) is 0 Å². The molecule has 0 heterocycles. The molecule has 0 aliphatic carbocycles. The van der Waals surface area contributed by atoms with Gasteiger partial charge < -0.3 is 20.4 Å². The SMILES string of the molecule is CN(C)CCNC(CCC(=O)O)C(O)c1ccc(F)cc1. The molecule has 0 amide bonds. The standard InChI is InChI=1S/C15H23FN2O3/c1-18(2)10-9-17-13(7-8-14(19)20)15(21)11-3-5-12(16)6-4-11/h3-6,13,15,17,21H,7-10H2,1-2H3,(H,19,20). The topological polar surface area (TPSA) is 72.8 Å². The van der Waals surface area contributed by atoms with Crippen LogP contribution in [0.25, 0.3) is 0 Å². The number of carbonyl (C=O) groups is 1. The first kappa shape index (κ1) is 17.6. The van der Waals surface area contributed by atoms with Crippen LogP contribution >= 0.6 is 0 Å². The lowest BCUT2D eigenvalue weighted by atomic mass is 9.98. The second-order valence-electron chi connectivity index (χ2n) is 5.29. The highest BCUT2D eigenvalue weighted by molar-refractivity contribution is 5.66. The number of carboxylic acid groups (broad SMARTS) is 1. The zero-order valence-corrected chi connectivity index (χ0v) is 12.4. The van der Waals surface area contributed by atoms with Crippen molar-refractivity contribution in [2.45, 2.75) is 25.0 Å². The van der Waals surface area contributed by atoms with E-state index in [0.717, 1.165) is 6.54 Å². The van der Waals surface area contributed by atoms with Crippen molar-refractivity contribution in [2.75, 3.05) is 27.2 Å². The van der Waals surface area contributed by atoms with Crippen molar-refractivity contribution in [3.05, 3.63) is 35.6 Å². The van der Waals surface area contributed by atoms with Crippen LogP contribution in [0.1, 0.15) is 24.5 Å². The molecule has 1 rings (SSSR count). The van der Waals surface area contributed by atoms with Gasteiger partial charge in [-0.2, -0.15) is 0 Å². The molecule has 0 radical (unpaired) electrons. The number of hydrogen-bond acceptors (Lipinski definition) is 4. The quantitative estimate of drug-likeness (QED) is 0.640. The van der Waals surface area contributed by atoms with Gasteiger partial charge in [-0.15, -0.1) is 0 Å². The molecule has 2 unspecified atom stereocenters. The minimum absolute atomic E-state index is 0.0299. The number of carboxylic acids is 1. The largest absolute Gasteiger partial charge is 0.481 e. The Kier molecular flexibility index (Phi) is 7.28. The normalized spacial score (nSPS) is 14.1. The van der Waals surface area contributed by atoms with Crippen LogP contribution in [0.2, 0.25) is 0 Å². The molecule has 0 aliphatic rings. The highest BCUT2D eigenvalue weighted by atomic mass is 19.1. The Morgan fingerprint density at radius 2 is 1.95 bits per heavy atom. The molecule has 0 aromatic heterocycles. The van der Waals surface area contributed by atoms with Crippen molar-refractivity contribution in [2.24, 2.45) is 0 Å². The van der Waals surface area contributed by atoms with Gasteiger partial charge in [-0.05, 0) is 38.2 Å². The highest BCUT2D eigenvalue weighted by Crippen LogP contribution is 2.20. The third-order valence-corrected chi connectivity index (χ3v) is 3.23. The van der Waals surface area contributed by atoms with Gasteiger partial charge >= 0.3 is 5.97 Å². The number of aliphatic hydroxyl groups excluding tert-OH is 1. The first-order valence-electron chi connectivity index (χ1n) is 6.93. The van der Waals surface area contributed by atoms with E-state index >= 15 is 0 Å². The number of hydrogen-bond donors (Lipinski definition) is 3. The van der Waals surface area contributed by atoms with Crippen molar-refractivity contribution >= 4 is 5.97 Å². The predicted octanol–water partition coefficient (Wildman–Crippen LogP) is 1.24. The van der Waals surface area contributed by atoms with E-state index in [4.69, 9.17) is 5.11 Å². The van der Waals surface area contributed by atoms with Crippen LogP contribution in [0.5, 0.6) is 0 Å². The molecule has 2 atom stereocenters. The van der Waals surface area contributed by atoms with E-state index in [1.54, 1.807) is 0 Å². The summed E-state index contributed by atoms with van der Waals surface area (Å²) in [7, 11) is 3.87. The minimum Gasteiger partial charge on any atom is -0.481 e. The van der Waals surface area contributed by atoms with Gasteiger partial charge in [0, 0.05) is 25.6 Å². The van der Waals surface area contributed by atoms with Gasteiger partial charge in [0.25, 0.3) is 0 Å². The molecule has 0 saturated carbocycles. The zero-order valence-electron chi connectivity index (χ0n) is 12.4. The maximum atomic E-state index is 12.9. The van der Waals surface area contributed by atoms with Crippen LogP contribution in [-0.4, -0.2) is 54.3 Å². The van der Waals surface area contributed by atoms with Crippen LogP contribution in [0.3, 0.4) is 0 Å². The molecule has 0 aliphatic heterocycles. The molecule has 0 spiro atoms. The molecule has 1 aromatic carbocycles. The summed E-state index contributed by atoms with van der Waals surface area (Å²) in [5.74, 6) is -1.27. The van der Waals surface area contributed by atoms with Crippen LogP contribution < -0.4 is 5.32 Å². The fraction of sp³-hybridized carbons (Fsp3) is 0.533. The molecule has 0 bridgehead atoms. The summed E-state index contributed by atoms with van der Waals surface area (Å²) in [5, 5.41) is 22.3. The number of likely N-dealkylation sites (N-methyl/N-ethyl adjacent to an activating group) is 1. The molecule has 118 valence electrons. The van der Waals surface area contributed by atoms with Crippen molar-refractivity contribution < 1.29 is 19.4 Å². The lowest BCUT2D eigenvalue weighted by molar-refractivity contribution is -0.137. The Morgan fingerprint density at radius 1 is 1.33 bits per heavy atom. The Labute approximate surface area is 124 Å². The van der Waals surface area contributed by atoms with E-state index in [2.05, 4.69) is 5.32 Å². The van der Waals surface area contributed by atoms with Crippen LogP contribution in [0.4, 0.5) is 4.39 Å². The van der Waals surface area contributed by atoms with E-state index in [0.29, 0.717) is 18.5 Å². The first-order chi connectivity index (χ1) is 9.90. The zero-order chi connectivity index (χ0) is 15.8. The maximum Gasteiger partial charge on any atom is 0.303 e. The Balaban J connectivity index is 2.68. The molecule has 21 heavy (non-hydrogen) atoms. The number of aliphatic carboxylic acids is 1. The second kappa shape index (κ2) is 8.71. The average Bonchev–Trinajstić information content (AvgIpc) is 2.42. The van der Waals surface area contributed by atoms with Crippen LogP contribution in [0.15, 0.2) is 24.3 Å². The summed E-state index contributed by atoms with van der Waals surface area (Å²) >= 11 is 0. The fourth-order valence-electron chi connectivity index (χ4n) is 2.02. The molecular weight excluding hydrogens is 275 g/mol. The second-order valence-corrected chi connectivity index (χ2v) is 5.29. The maximum absolute atomic E-state index is 12.9. The van der Waals surface area contributed by atoms with Crippen LogP contribution in [0, 0.1) is 5.82 Å². The predicted molar refractivity (Wildman–Crippen MR) is 78.6 cm³/mol. The number of aliphatic hydroxyl groups is 1. The Morgan fingerprint density at radius 3 is 2.48 bits per heavy atom. The lowest BCUT2D eigenvalue weighted by Crippen LogP contribution is -2.39. The molecule has 0 saturated heterocycles. The van der Waals surface area contributed by atoms with Crippen molar-refractivity contribution in [1.29, 1.82) is 0 Å². The number of nitrogens with one attached hydrogen (secondary N) is 1. The average molecular weight is 298 g/mol. The van der Waals surface area contributed by atoms with E-state index in [-0.39, 0.29) is 18.3 Å². The summed E-state index contributed by atoms with van der Waals surface area (Å²) in [6, 6.07) is 5.22. The molecular formula is C15H23FN2O3. The molecule has 6 heteroatoms. The van der Waals surface area contributed by atoms with Crippen LogP contribution in [-0.2, 0) is 4.79 Å². The monoisotopic (exact) mass is 298 g/mol. The van der Waals surface area contributed by atoms with Crippen molar-refractivity contribution in [3.63, 3.8) is 0 Å². The van der Waals surface area contributed by atoms with Crippen molar-refractivity contribution in [3.8, 4) is 0 Å². The van der Waals surface area contributed by atoms with E-state index in [1.807, 2.05) is 19.0 Å². The summed E-state index contributed by atoms with van der Waals surface area (Å²) < 4.78 is 12.9. The number of benzene rings is 1. The summed E-state index contributed by atoms with van der Waals surface area (Å²) in [4.78, 5) is 12.7. The number of nitrogens with zero attached hydrogens (tertiary/aromatic N) is 1. The molecule has 3 N–H and O–H groups in total. The lowest BCUT2D eigenvalue weighted by Gasteiger charge is -2.25. The summed E-state index contributed by atoms with van der Waals surface area (Å²) in [6.07, 6.45) is -0.591. The number of rotatable bonds is 9. The minimum atomic E-state index is -0.902. The Hall–Kier alpha value is -1.50. The highest BCUT2D eigenvalue weighted by Gasteiger charge is 2.21. The fourth-order valence-corrected chi connectivity index (χ4v) is 2.02. The van der Waals surface area contributed by atoms with Gasteiger partial charge in [0.15, 0.2) is 0 Å². The summed E-state index contributed by atoms with van der Waals surface area (Å²) in [6.45, 7) is 1.41. The Bertz CT molecular complexity index is 437. The molecule has 5 nitrogen and oxygen atoms in total. The van der Waals surface area contributed by atoms with Crippen molar-refractivity contribution in [1.82, 2.24) is 10.2 Å². The van der Waals surface area contributed by atoms with E-state index in [9.17, 15) is 14.3 Å². The van der Waals surface area contributed by atoms with E-state index in [1.165, 1.54) is 24.3 Å². The third kappa shape index (κ3) is 6.66. The van der Waals surface area contributed by atoms with E-state index < -0.39 is 12.1 Å². The van der Waals surface area contributed by atoms with Gasteiger partial charge in [-0.3, -0.25) is 4.79 Å². The molecule has 0 fully saturated rings. The van der Waals surface area contributed by atoms with Gasteiger partial charge in [0.1, 0.15) is 5.82 Å². The first-order valence-corrected chi connectivity index (χ1v) is 6.93. The van der Waals surface area contributed by atoms with Gasteiger partial charge in [0.05, 0.1) is 6.10 Å². The number of halogens is 1.